The fourth-order valence-corrected chi connectivity index (χ4v) is 1.55. The van der Waals surface area contributed by atoms with Crippen LogP contribution in [-0.2, 0) is 10.0 Å². The van der Waals surface area contributed by atoms with E-state index in [1.54, 1.807) is 18.7 Å². The van der Waals surface area contributed by atoms with Gasteiger partial charge < -0.3 is 0 Å². The SMILES string of the molecule is CCS(=O)(=O)NCC(C)(C)SC. The average molecular weight is 211 g/mol. The molecule has 0 fully saturated rings. The first-order chi connectivity index (χ1) is 5.33. The summed E-state index contributed by atoms with van der Waals surface area (Å²) in [6.45, 7) is 6.14. The molecule has 0 aromatic carbocycles. The Morgan fingerprint density at radius 2 is 1.92 bits per heavy atom. The summed E-state index contributed by atoms with van der Waals surface area (Å²) in [5, 5.41) is 0. The molecule has 0 rings (SSSR count). The summed E-state index contributed by atoms with van der Waals surface area (Å²) >= 11 is 1.65. The van der Waals surface area contributed by atoms with Crippen molar-refractivity contribution in [1.82, 2.24) is 4.72 Å². The number of sulfonamides is 1. The Bertz CT molecular complexity index is 222. The van der Waals surface area contributed by atoms with Crippen molar-refractivity contribution in [3.05, 3.63) is 0 Å². The molecule has 1 N–H and O–H groups in total. The zero-order chi connectivity index (χ0) is 9.83. The molecule has 3 nitrogen and oxygen atoms in total. The topological polar surface area (TPSA) is 46.2 Å². The van der Waals surface area contributed by atoms with Crippen LogP contribution in [0, 0.1) is 0 Å². The van der Waals surface area contributed by atoms with Crippen LogP contribution in [0.3, 0.4) is 0 Å². The van der Waals surface area contributed by atoms with Gasteiger partial charge >= 0.3 is 0 Å². The first-order valence-electron chi connectivity index (χ1n) is 3.85. The molecule has 0 saturated carbocycles. The fourth-order valence-electron chi connectivity index (χ4n) is 0.458. The van der Waals surface area contributed by atoms with E-state index in [0.717, 1.165) is 0 Å². The number of hydrogen-bond donors (Lipinski definition) is 1. The molecule has 0 aliphatic rings. The smallest absolute Gasteiger partial charge is 0.211 e. The van der Waals surface area contributed by atoms with Gasteiger partial charge in [-0.15, -0.1) is 0 Å². The van der Waals surface area contributed by atoms with Gasteiger partial charge in [-0.1, -0.05) is 0 Å². The molecule has 0 heterocycles. The first-order valence-corrected chi connectivity index (χ1v) is 6.73. The van der Waals surface area contributed by atoms with Crippen molar-refractivity contribution < 1.29 is 8.42 Å². The summed E-state index contributed by atoms with van der Waals surface area (Å²) in [4.78, 5) is 0. The molecule has 0 spiro atoms. The van der Waals surface area contributed by atoms with E-state index in [9.17, 15) is 8.42 Å². The van der Waals surface area contributed by atoms with Crippen molar-refractivity contribution in [2.24, 2.45) is 0 Å². The van der Waals surface area contributed by atoms with E-state index in [1.165, 1.54) is 0 Å². The second-order valence-corrected chi connectivity index (χ2v) is 6.80. The molecule has 0 aromatic rings. The molecular formula is C7H17NO2S2. The van der Waals surface area contributed by atoms with Crippen LogP contribution >= 0.6 is 11.8 Å². The van der Waals surface area contributed by atoms with Gasteiger partial charge in [0.15, 0.2) is 0 Å². The van der Waals surface area contributed by atoms with E-state index in [4.69, 9.17) is 0 Å². The molecule has 0 bridgehead atoms. The number of nitrogens with one attached hydrogen (secondary N) is 1. The van der Waals surface area contributed by atoms with Gasteiger partial charge in [-0.3, -0.25) is 0 Å². The quantitative estimate of drug-likeness (QED) is 0.740. The van der Waals surface area contributed by atoms with E-state index < -0.39 is 10.0 Å². The van der Waals surface area contributed by atoms with Crippen molar-refractivity contribution in [2.45, 2.75) is 25.5 Å². The highest BCUT2D eigenvalue weighted by atomic mass is 32.2. The van der Waals surface area contributed by atoms with E-state index >= 15 is 0 Å². The van der Waals surface area contributed by atoms with E-state index in [1.807, 2.05) is 20.1 Å². The van der Waals surface area contributed by atoms with Gasteiger partial charge in [-0.2, -0.15) is 11.8 Å². The minimum absolute atomic E-state index is 0.0256. The zero-order valence-electron chi connectivity index (χ0n) is 8.05. The Morgan fingerprint density at radius 3 is 2.25 bits per heavy atom. The third kappa shape index (κ3) is 5.00. The summed E-state index contributed by atoms with van der Waals surface area (Å²) in [6, 6.07) is 0. The molecule has 74 valence electrons. The van der Waals surface area contributed by atoms with Crippen LogP contribution in [0.25, 0.3) is 0 Å². The van der Waals surface area contributed by atoms with Crippen molar-refractivity contribution in [3.8, 4) is 0 Å². The molecule has 5 heteroatoms. The molecular weight excluding hydrogens is 194 g/mol. The largest absolute Gasteiger partial charge is 0.214 e. The fraction of sp³-hybridized carbons (Fsp3) is 1.00. The number of hydrogen-bond acceptors (Lipinski definition) is 3. The van der Waals surface area contributed by atoms with Gasteiger partial charge in [0.05, 0.1) is 5.75 Å². The van der Waals surface area contributed by atoms with Crippen molar-refractivity contribution in [1.29, 1.82) is 0 Å². The average Bonchev–Trinajstić information content (AvgIpc) is 2.02. The summed E-state index contributed by atoms with van der Waals surface area (Å²) < 4.78 is 24.6. The van der Waals surface area contributed by atoms with Crippen LogP contribution in [0.2, 0.25) is 0 Å². The summed E-state index contributed by atoms with van der Waals surface area (Å²) in [7, 11) is -3.03. The maximum absolute atomic E-state index is 11.0. The zero-order valence-corrected chi connectivity index (χ0v) is 9.68. The molecule has 0 unspecified atom stereocenters. The maximum atomic E-state index is 11.0. The third-order valence-electron chi connectivity index (χ3n) is 1.65. The Hall–Kier alpha value is 0.260. The van der Waals surface area contributed by atoms with Crippen molar-refractivity contribution >= 4 is 21.8 Å². The summed E-state index contributed by atoms with van der Waals surface area (Å²) in [5.74, 6) is 0.150. The van der Waals surface area contributed by atoms with Gasteiger partial charge in [0.1, 0.15) is 0 Å². The first kappa shape index (κ1) is 12.3. The molecule has 0 atom stereocenters. The van der Waals surface area contributed by atoms with E-state index in [0.29, 0.717) is 6.54 Å². The molecule has 0 aromatic heterocycles. The highest BCUT2D eigenvalue weighted by molar-refractivity contribution is 8.00. The van der Waals surface area contributed by atoms with Crippen LogP contribution in [-0.4, -0.2) is 31.7 Å². The Balaban J connectivity index is 4.00. The van der Waals surface area contributed by atoms with Crippen LogP contribution in [0.1, 0.15) is 20.8 Å². The number of rotatable bonds is 5. The minimum atomic E-state index is -3.03. The Labute approximate surface area is 79.4 Å². The lowest BCUT2D eigenvalue weighted by Gasteiger charge is -2.21. The molecule has 12 heavy (non-hydrogen) atoms. The van der Waals surface area contributed by atoms with Crippen molar-refractivity contribution in [3.63, 3.8) is 0 Å². The van der Waals surface area contributed by atoms with Gasteiger partial charge in [-0.25, -0.2) is 13.1 Å². The lowest BCUT2D eigenvalue weighted by Crippen LogP contribution is -2.36. The highest BCUT2D eigenvalue weighted by Crippen LogP contribution is 2.19. The van der Waals surface area contributed by atoms with Crippen LogP contribution in [0.15, 0.2) is 0 Å². The second-order valence-electron chi connectivity index (χ2n) is 3.19. The van der Waals surface area contributed by atoms with Gasteiger partial charge in [0.2, 0.25) is 10.0 Å². The lowest BCUT2D eigenvalue weighted by molar-refractivity contribution is 0.572. The Morgan fingerprint density at radius 1 is 1.42 bits per heavy atom. The molecule has 0 aliphatic carbocycles. The summed E-state index contributed by atoms with van der Waals surface area (Å²) in [5.41, 5.74) is 0. The normalized spacial score (nSPS) is 13.3. The van der Waals surface area contributed by atoms with Gasteiger partial charge in [0.25, 0.3) is 0 Å². The predicted octanol–water partition coefficient (Wildman–Crippen LogP) is 1.07. The summed E-state index contributed by atoms with van der Waals surface area (Å²) in [6.07, 6.45) is 1.97. The highest BCUT2D eigenvalue weighted by Gasteiger charge is 2.18. The van der Waals surface area contributed by atoms with Crippen LogP contribution in [0.5, 0.6) is 0 Å². The van der Waals surface area contributed by atoms with Crippen LogP contribution in [0.4, 0.5) is 0 Å². The standard InChI is InChI=1S/C7H17NO2S2/c1-5-12(9,10)8-6-7(2,3)11-4/h8H,5-6H2,1-4H3. The van der Waals surface area contributed by atoms with Crippen molar-refractivity contribution in [2.75, 3.05) is 18.6 Å². The number of thioether (sulfide) groups is 1. The molecule has 0 saturated heterocycles. The monoisotopic (exact) mass is 211 g/mol. The minimum Gasteiger partial charge on any atom is -0.214 e. The maximum Gasteiger partial charge on any atom is 0.211 e. The van der Waals surface area contributed by atoms with E-state index in [2.05, 4.69) is 4.72 Å². The van der Waals surface area contributed by atoms with Gasteiger partial charge in [0, 0.05) is 11.3 Å². The third-order valence-corrected chi connectivity index (χ3v) is 4.24. The molecule has 0 aliphatic heterocycles. The van der Waals surface area contributed by atoms with Gasteiger partial charge in [-0.05, 0) is 27.0 Å². The molecule has 0 amide bonds. The molecule has 0 radical (unpaired) electrons. The Kier molecular flexibility index (Phi) is 4.58. The second kappa shape index (κ2) is 4.48. The lowest BCUT2D eigenvalue weighted by atomic mass is 10.2. The predicted molar refractivity (Wildman–Crippen MR) is 55.1 cm³/mol. The van der Waals surface area contributed by atoms with Crippen LogP contribution < -0.4 is 4.72 Å². The van der Waals surface area contributed by atoms with E-state index in [-0.39, 0.29) is 10.5 Å².